The van der Waals surface area contributed by atoms with Gasteiger partial charge in [0.15, 0.2) is 0 Å². The second-order valence-electron chi connectivity index (χ2n) is 3.99. The first kappa shape index (κ1) is 15.4. The molecule has 1 rings (SSSR count). The molecule has 0 aromatic rings. The van der Waals surface area contributed by atoms with Gasteiger partial charge < -0.3 is 10.5 Å². The van der Waals surface area contributed by atoms with Crippen LogP contribution < -0.4 is 5.73 Å². The van der Waals surface area contributed by atoms with Crippen molar-refractivity contribution in [1.29, 1.82) is 0 Å². The molecule has 1 saturated carbocycles. The van der Waals surface area contributed by atoms with E-state index in [9.17, 15) is 9.59 Å². The van der Waals surface area contributed by atoms with Crippen LogP contribution in [0.5, 0.6) is 0 Å². The van der Waals surface area contributed by atoms with Crippen molar-refractivity contribution in [3.8, 4) is 0 Å². The molecule has 0 atom stereocenters. The molecule has 0 heterocycles. The number of ether oxygens (including phenoxy) is 1. The van der Waals surface area contributed by atoms with E-state index in [0.29, 0.717) is 0 Å². The summed E-state index contributed by atoms with van der Waals surface area (Å²) in [6.07, 6.45) is 5.92. The second kappa shape index (κ2) is 8.53. The lowest BCUT2D eigenvalue weighted by Crippen LogP contribution is -2.22. The summed E-state index contributed by atoms with van der Waals surface area (Å²) in [5.41, 5.74) is 5.14. The number of Topliss-reactive ketones (excluding diaryl/α,β-unsaturated/α-hetero) is 1. The normalized spacial score (nSPS) is 16.3. The van der Waals surface area contributed by atoms with Crippen molar-refractivity contribution in [3.05, 3.63) is 0 Å². The molecule has 16 heavy (non-hydrogen) atoms. The Bertz CT molecular complexity index is 227. The number of nitrogens with two attached hydrogens (primary N) is 1. The van der Waals surface area contributed by atoms with Crippen molar-refractivity contribution < 1.29 is 14.3 Å². The van der Waals surface area contributed by atoms with Crippen LogP contribution in [0.4, 0.5) is 0 Å². The van der Waals surface area contributed by atoms with Gasteiger partial charge in [0.1, 0.15) is 11.9 Å². The SMILES string of the molecule is Cl.NCC(=O)CCC(=O)OC1CCCCC1. The summed E-state index contributed by atoms with van der Waals surface area (Å²) >= 11 is 0. The standard InChI is InChI=1S/C11H19NO3.ClH/c12-8-9(13)6-7-11(14)15-10-4-2-1-3-5-10;/h10H,1-8,12H2;1H. The van der Waals surface area contributed by atoms with Crippen molar-refractivity contribution in [2.24, 2.45) is 5.73 Å². The molecule has 0 spiro atoms. The van der Waals surface area contributed by atoms with Crippen molar-refractivity contribution >= 4 is 24.2 Å². The Morgan fingerprint density at radius 2 is 1.75 bits per heavy atom. The summed E-state index contributed by atoms with van der Waals surface area (Å²) < 4.78 is 5.25. The Morgan fingerprint density at radius 3 is 2.31 bits per heavy atom. The Labute approximate surface area is 102 Å². The van der Waals surface area contributed by atoms with Crippen LogP contribution in [-0.4, -0.2) is 24.4 Å². The molecule has 0 unspecified atom stereocenters. The number of esters is 1. The maximum Gasteiger partial charge on any atom is 0.306 e. The first-order chi connectivity index (χ1) is 7.22. The average molecular weight is 250 g/mol. The molecule has 94 valence electrons. The lowest BCUT2D eigenvalue weighted by molar-refractivity contribution is -0.151. The highest BCUT2D eigenvalue weighted by atomic mass is 35.5. The summed E-state index contributed by atoms with van der Waals surface area (Å²) in [6.45, 7) is 0.0106. The molecule has 0 radical (unpaired) electrons. The Kier molecular flexibility index (Phi) is 8.21. The van der Waals surface area contributed by atoms with Gasteiger partial charge in [0.2, 0.25) is 0 Å². The second-order valence-corrected chi connectivity index (χ2v) is 3.99. The number of hydrogen-bond donors (Lipinski definition) is 1. The van der Waals surface area contributed by atoms with Gasteiger partial charge in [0, 0.05) is 6.42 Å². The molecule has 0 aliphatic heterocycles. The number of ketones is 1. The lowest BCUT2D eigenvalue weighted by atomic mass is 9.98. The Hall–Kier alpha value is -0.610. The van der Waals surface area contributed by atoms with Gasteiger partial charge >= 0.3 is 5.97 Å². The fraction of sp³-hybridized carbons (Fsp3) is 0.818. The summed E-state index contributed by atoms with van der Waals surface area (Å²) in [6, 6.07) is 0. The van der Waals surface area contributed by atoms with E-state index in [-0.39, 0.29) is 49.6 Å². The molecule has 2 N–H and O–H groups in total. The molecule has 0 amide bonds. The summed E-state index contributed by atoms with van der Waals surface area (Å²) in [5, 5.41) is 0. The third-order valence-corrected chi connectivity index (χ3v) is 2.69. The van der Waals surface area contributed by atoms with Crippen LogP contribution in [-0.2, 0) is 14.3 Å². The first-order valence-corrected chi connectivity index (χ1v) is 5.63. The molecule has 1 aliphatic carbocycles. The highest BCUT2D eigenvalue weighted by molar-refractivity contribution is 5.85. The number of carbonyl (C=O) groups is 2. The number of hydrogen-bond acceptors (Lipinski definition) is 4. The minimum atomic E-state index is -0.260. The molecule has 0 aromatic heterocycles. The van der Waals surface area contributed by atoms with Crippen LogP contribution in [0, 0.1) is 0 Å². The van der Waals surface area contributed by atoms with E-state index in [1.165, 1.54) is 6.42 Å². The fourth-order valence-corrected chi connectivity index (χ4v) is 1.77. The van der Waals surface area contributed by atoms with Gasteiger partial charge in [0.05, 0.1) is 13.0 Å². The van der Waals surface area contributed by atoms with Crippen LogP contribution in [0.2, 0.25) is 0 Å². The molecule has 1 aliphatic rings. The summed E-state index contributed by atoms with van der Waals surface area (Å²) in [4.78, 5) is 22.2. The van der Waals surface area contributed by atoms with E-state index in [2.05, 4.69) is 0 Å². The fourth-order valence-electron chi connectivity index (χ4n) is 1.77. The van der Waals surface area contributed by atoms with Gasteiger partial charge in [0.25, 0.3) is 0 Å². The van der Waals surface area contributed by atoms with E-state index in [1.54, 1.807) is 0 Å². The van der Waals surface area contributed by atoms with Crippen LogP contribution in [0.25, 0.3) is 0 Å². The molecule has 1 fully saturated rings. The zero-order chi connectivity index (χ0) is 11.1. The van der Waals surface area contributed by atoms with Gasteiger partial charge in [-0.1, -0.05) is 6.42 Å². The molecular weight excluding hydrogens is 230 g/mol. The largest absolute Gasteiger partial charge is 0.462 e. The van der Waals surface area contributed by atoms with Crippen LogP contribution in [0.3, 0.4) is 0 Å². The highest BCUT2D eigenvalue weighted by Gasteiger charge is 2.17. The average Bonchev–Trinajstić information content (AvgIpc) is 2.27. The van der Waals surface area contributed by atoms with Crippen molar-refractivity contribution in [1.82, 2.24) is 0 Å². The van der Waals surface area contributed by atoms with Crippen LogP contribution in [0.1, 0.15) is 44.9 Å². The summed E-state index contributed by atoms with van der Waals surface area (Å²) in [5.74, 6) is -0.348. The van der Waals surface area contributed by atoms with Crippen molar-refractivity contribution in [2.45, 2.75) is 51.0 Å². The van der Waals surface area contributed by atoms with Crippen molar-refractivity contribution in [3.63, 3.8) is 0 Å². The third kappa shape index (κ3) is 6.08. The topological polar surface area (TPSA) is 69.4 Å². The molecule has 4 nitrogen and oxygen atoms in total. The number of rotatable bonds is 5. The van der Waals surface area contributed by atoms with Gasteiger partial charge in [-0.15, -0.1) is 12.4 Å². The molecular formula is C11H20ClNO3. The highest BCUT2D eigenvalue weighted by Crippen LogP contribution is 2.20. The van der Waals surface area contributed by atoms with Gasteiger partial charge in [-0.2, -0.15) is 0 Å². The number of halogens is 1. The third-order valence-electron chi connectivity index (χ3n) is 2.69. The Morgan fingerprint density at radius 1 is 1.12 bits per heavy atom. The number of carbonyl (C=O) groups excluding carboxylic acids is 2. The molecule has 0 saturated heterocycles. The van der Waals surface area contributed by atoms with E-state index < -0.39 is 0 Å². The molecule has 0 aromatic carbocycles. The predicted octanol–water partition coefficient (Wildman–Crippen LogP) is 1.59. The minimum absolute atomic E-state index is 0. The van der Waals surface area contributed by atoms with Crippen molar-refractivity contribution in [2.75, 3.05) is 6.54 Å². The maximum absolute atomic E-state index is 11.3. The minimum Gasteiger partial charge on any atom is -0.462 e. The first-order valence-electron chi connectivity index (χ1n) is 5.63. The zero-order valence-electron chi connectivity index (χ0n) is 9.44. The molecule has 0 bridgehead atoms. The quantitative estimate of drug-likeness (QED) is 0.752. The van der Waals surface area contributed by atoms with E-state index in [4.69, 9.17) is 10.5 Å². The monoisotopic (exact) mass is 249 g/mol. The predicted molar refractivity (Wildman–Crippen MR) is 63.5 cm³/mol. The zero-order valence-corrected chi connectivity index (χ0v) is 10.3. The van der Waals surface area contributed by atoms with Crippen LogP contribution in [0.15, 0.2) is 0 Å². The van der Waals surface area contributed by atoms with Crippen LogP contribution >= 0.6 is 12.4 Å². The van der Waals surface area contributed by atoms with E-state index in [0.717, 1.165) is 25.7 Å². The van der Waals surface area contributed by atoms with Gasteiger partial charge in [-0.05, 0) is 25.7 Å². The molecule has 5 heteroatoms. The van der Waals surface area contributed by atoms with Gasteiger partial charge in [-0.25, -0.2) is 0 Å². The van der Waals surface area contributed by atoms with E-state index in [1.807, 2.05) is 0 Å². The summed E-state index contributed by atoms with van der Waals surface area (Å²) in [7, 11) is 0. The Balaban J connectivity index is 0.00000225. The maximum atomic E-state index is 11.3. The van der Waals surface area contributed by atoms with Gasteiger partial charge in [-0.3, -0.25) is 9.59 Å². The lowest BCUT2D eigenvalue weighted by Gasteiger charge is -2.21. The van der Waals surface area contributed by atoms with E-state index >= 15 is 0 Å². The smallest absolute Gasteiger partial charge is 0.306 e.